The zero-order valence-corrected chi connectivity index (χ0v) is 22.0. The number of hydrogen-bond donors (Lipinski definition) is 0. The van der Waals surface area contributed by atoms with E-state index in [0.29, 0.717) is 0 Å². The molecule has 33 heavy (non-hydrogen) atoms. The van der Waals surface area contributed by atoms with Gasteiger partial charge < -0.3 is 23.1 Å². The third-order valence-electron chi connectivity index (χ3n) is 5.11. The summed E-state index contributed by atoms with van der Waals surface area (Å²) in [4.78, 5) is 0. The molecule has 0 N–H and O–H groups in total. The molecule has 1 unspecified atom stereocenters. The van der Waals surface area contributed by atoms with Crippen molar-refractivity contribution in [1.29, 1.82) is 0 Å². The minimum atomic E-state index is -4.30. The molecule has 7 nitrogen and oxygen atoms in total. The molecule has 0 aromatic heterocycles. The third-order valence-corrected chi connectivity index (χ3v) is 6.48. The van der Waals surface area contributed by atoms with Gasteiger partial charge in [-0.25, -0.2) is 0 Å². The summed E-state index contributed by atoms with van der Waals surface area (Å²) >= 11 is 0. The van der Waals surface area contributed by atoms with Crippen LogP contribution in [0.5, 0.6) is 5.75 Å². The minimum Gasteiger partial charge on any atom is -0.380 e. The van der Waals surface area contributed by atoms with Crippen molar-refractivity contribution in [1.82, 2.24) is 0 Å². The monoisotopic (exact) mass is 488 g/mol. The zero-order chi connectivity index (χ0) is 24.6. The Kier molecular flexibility index (Phi) is 14.9. The van der Waals surface area contributed by atoms with Gasteiger partial charge in [0.15, 0.2) is 0 Å². The number of aryl methyl sites for hydroxylation is 1. The summed E-state index contributed by atoms with van der Waals surface area (Å²) in [6, 6.07) is 7.14. The quantitative estimate of drug-likeness (QED) is 0.130. The van der Waals surface area contributed by atoms with Gasteiger partial charge in [-0.2, -0.15) is 8.42 Å². The second kappa shape index (κ2) is 16.4. The van der Waals surface area contributed by atoms with Crippen LogP contribution in [-0.4, -0.2) is 46.3 Å². The number of rotatable bonds is 20. The number of unbranched alkanes of at least 4 members (excludes halogenated alkanes) is 6. The van der Waals surface area contributed by atoms with Crippen molar-refractivity contribution in [2.24, 2.45) is 0 Å². The Morgan fingerprint density at radius 1 is 0.727 bits per heavy atom. The van der Waals surface area contributed by atoms with E-state index in [0.717, 1.165) is 18.4 Å². The first-order valence-corrected chi connectivity index (χ1v) is 13.9. The van der Waals surface area contributed by atoms with Crippen LogP contribution in [0.15, 0.2) is 24.3 Å². The molecule has 0 aliphatic carbocycles. The molecule has 0 bridgehead atoms. The lowest BCUT2D eigenvalue weighted by molar-refractivity contribution is -0.400. The molecular formula is C25H44O7S. The molecule has 0 aliphatic rings. The Morgan fingerprint density at radius 3 is 1.73 bits per heavy atom. The summed E-state index contributed by atoms with van der Waals surface area (Å²) in [6.07, 6.45) is 9.75. The van der Waals surface area contributed by atoms with Crippen LogP contribution in [0.3, 0.4) is 0 Å². The molecule has 0 radical (unpaired) electrons. The average Bonchev–Trinajstić information content (AvgIpc) is 2.78. The van der Waals surface area contributed by atoms with E-state index >= 15 is 0 Å². The molecule has 0 fully saturated rings. The molecule has 1 aromatic rings. The van der Waals surface area contributed by atoms with Crippen LogP contribution in [-0.2, 0) is 35.5 Å². The highest BCUT2D eigenvalue weighted by atomic mass is 32.2. The van der Waals surface area contributed by atoms with E-state index in [1.165, 1.54) is 38.5 Å². The Bertz CT molecular complexity index is 702. The maximum atomic E-state index is 13.2. The van der Waals surface area contributed by atoms with Crippen LogP contribution in [0.1, 0.15) is 85.1 Å². The topological polar surface area (TPSA) is 80.3 Å². The predicted molar refractivity (Wildman–Crippen MR) is 131 cm³/mol. The van der Waals surface area contributed by atoms with Gasteiger partial charge in [-0.15, -0.1) is 0 Å². The maximum Gasteiger partial charge on any atom is 0.345 e. The molecule has 192 valence electrons. The molecule has 0 aliphatic heterocycles. The Balaban J connectivity index is 2.83. The summed E-state index contributed by atoms with van der Waals surface area (Å²) in [5, 5.41) is 0. The molecule has 0 heterocycles. The second-order valence-corrected chi connectivity index (χ2v) is 9.36. The predicted octanol–water partition coefficient (Wildman–Crippen LogP) is 5.81. The van der Waals surface area contributed by atoms with Crippen LogP contribution in [0.25, 0.3) is 0 Å². The normalized spacial score (nSPS) is 13.2. The van der Waals surface area contributed by atoms with Crippen molar-refractivity contribution in [2.75, 3.05) is 26.4 Å². The average molecular weight is 489 g/mol. The molecule has 8 heteroatoms. The van der Waals surface area contributed by atoms with Crippen LogP contribution < -0.4 is 4.18 Å². The van der Waals surface area contributed by atoms with Gasteiger partial charge in [0.2, 0.25) is 0 Å². The van der Waals surface area contributed by atoms with Crippen molar-refractivity contribution < 1.29 is 31.5 Å². The lowest BCUT2D eigenvalue weighted by Gasteiger charge is -2.37. The fourth-order valence-electron chi connectivity index (χ4n) is 3.62. The molecule has 0 saturated heterocycles. The van der Waals surface area contributed by atoms with Gasteiger partial charge in [0.25, 0.3) is 5.44 Å². The van der Waals surface area contributed by atoms with Crippen LogP contribution >= 0.6 is 0 Å². The van der Waals surface area contributed by atoms with Crippen LogP contribution in [0.4, 0.5) is 0 Å². The van der Waals surface area contributed by atoms with Gasteiger partial charge in [0.05, 0.1) is 0 Å². The van der Waals surface area contributed by atoms with Gasteiger partial charge in [0.1, 0.15) is 5.75 Å². The summed E-state index contributed by atoms with van der Waals surface area (Å²) in [6.45, 7) is 9.73. The second-order valence-electron chi connectivity index (χ2n) is 7.78. The van der Waals surface area contributed by atoms with Crippen molar-refractivity contribution in [3.05, 3.63) is 29.8 Å². The number of benzene rings is 1. The van der Waals surface area contributed by atoms with Crippen molar-refractivity contribution >= 4 is 10.1 Å². The van der Waals surface area contributed by atoms with E-state index in [1.54, 1.807) is 39.8 Å². The van der Waals surface area contributed by atoms with Gasteiger partial charge >= 0.3 is 16.1 Å². The molecule has 0 saturated carbocycles. The largest absolute Gasteiger partial charge is 0.380 e. The van der Waals surface area contributed by atoms with E-state index in [1.807, 2.05) is 12.1 Å². The fraction of sp³-hybridized carbons (Fsp3) is 0.760. The Labute approximate surface area is 201 Å². The smallest absolute Gasteiger partial charge is 0.345 e. The molecule has 1 rings (SSSR count). The fourth-order valence-corrected chi connectivity index (χ4v) is 4.95. The number of hydrogen-bond acceptors (Lipinski definition) is 7. The highest BCUT2D eigenvalue weighted by Crippen LogP contribution is 2.29. The Hall–Kier alpha value is -1.19. The first-order chi connectivity index (χ1) is 15.9. The van der Waals surface area contributed by atoms with Gasteiger partial charge in [-0.05, 0) is 58.2 Å². The van der Waals surface area contributed by atoms with E-state index in [4.69, 9.17) is 23.1 Å². The molecular weight excluding hydrogens is 444 g/mol. The lowest BCUT2D eigenvalue weighted by Crippen LogP contribution is -2.55. The number of ether oxygens (including phenoxy) is 4. The van der Waals surface area contributed by atoms with Crippen LogP contribution in [0.2, 0.25) is 0 Å². The molecule has 0 amide bonds. The molecule has 1 aromatic carbocycles. The van der Waals surface area contributed by atoms with Crippen molar-refractivity contribution in [3.63, 3.8) is 0 Å². The molecule has 1 atom stereocenters. The summed E-state index contributed by atoms with van der Waals surface area (Å²) in [5.74, 6) is -1.70. The van der Waals surface area contributed by atoms with Crippen molar-refractivity contribution in [3.8, 4) is 5.75 Å². The maximum absolute atomic E-state index is 13.2. The van der Waals surface area contributed by atoms with E-state index in [-0.39, 0.29) is 32.2 Å². The summed E-state index contributed by atoms with van der Waals surface area (Å²) in [5.41, 5.74) is -0.454. The standard InChI is InChI=1S/C25H44O7S/c1-6-11-12-13-14-15-16-17-22-18-20-23(21-19-22)32-33(26,27)24(28-7-2)25(29-8-3,30-9-4)31-10-5/h18-21,24H,6-17H2,1-5H3. The van der Waals surface area contributed by atoms with E-state index in [2.05, 4.69) is 6.92 Å². The zero-order valence-electron chi connectivity index (χ0n) is 21.1. The van der Waals surface area contributed by atoms with E-state index in [9.17, 15) is 8.42 Å². The first kappa shape index (κ1) is 29.8. The highest BCUT2D eigenvalue weighted by molar-refractivity contribution is 7.87. The van der Waals surface area contributed by atoms with Gasteiger partial charge in [-0.1, -0.05) is 57.6 Å². The molecule has 0 spiro atoms. The summed E-state index contributed by atoms with van der Waals surface area (Å²) < 4.78 is 54.2. The third kappa shape index (κ3) is 10.3. The Morgan fingerprint density at radius 2 is 1.24 bits per heavy atom. The van der Waals surface area contributed by atoms with Crippen LogP contribution in [0, 0.1) is 0 Å². The SMILES string of the molecule is CCCCCCCCCc1ccc(OS(=O)(=O)C(OCC)C(OCC)(OCC)OCC)cc1. The van der Waals surface area contributed by atoms with Gasteiger partial charge in [-0.3, -0.25) is 0 Å². The summed E-state index contributed by atoms with van der Waals surface area (Å²) in [7, 11) is -4.30. The lowest BCUT2D eigenvalue weighted by atomic mass is 10.0. The van der Waals surface area contributed by atoms with E-state index < -0.39 is 21.5 Å². The van der Waals surface area contributed by atoms with Gasteiger partial charge in [0, 0.05) is 26.4 Å². The minimum absolute atomic E-state index is 0.111. The first-order valence-electron chi connectivity index (χ1n) is 12.4. The highest BCUT2D eigenvalue weighted by Gasteiger charge is 2.53. The van der Waals surface area contributed by atoms with Crippen molar-refractivity contribution in [2.45, 2.75) is 97.4 Å².